The average Bonchev–Trinajstić information content (AvgIpc) is 2.38. The first-order valence-corrected chi connectivity index (χ1v) is 6.32. The zero-order valence-corrected chi connectivity index (χ0v) is 10.3. The quantitative estimate of drug-likeness (QED) is 0.643. The highest BCUT2D eigenvalue weighted by atomic mass is 16.5. The fraction of sp³-hybridized carbons (Fsp3) is 0.571. The van der Waals surface area contributed by atoms with Gasteiger partial charge >= 0.3 is 0 Å². The summed E-state index contributed by atoms with van der Waals surface area (Å²) in [5.74, 6) is 0. The van der Waals surface area contributed by atoms with Crippen molar-refractivity contribution in [3.63, 3.8) is 0 Å². The Morgan fingerprint density at radius 2 is 1.88 bits per heavy atom. The molecule has 0 aliphatic carbocycles. The highest BCUT2D eigenvalue weighted by Gasteiger charge is 1.99. The number of ether oxygens (including phenoxy) is 1. The van der Waals surface area contributed by atoms with Crippen molar-refractivity contribution in [3.05, 3.63) is 35.9 Å². The van der Waals surface area contributed by atoms with Crippen LogP contribution in [0.25, 0.3) is 0 Å². The SMILES string of the molecule is NCC(O)COCCCCCc1ccccc1. The molecule has 3 nitrogen and oxygen atoms in total. The Balaban J connectivity index is 1.91. The monoisotopic (exact) mass is 237 g/mol. The van der Waals surface area contributed by atoms with E-state index in [2.05, 4.69) is 24.3 Å². The molecule has 1 aromatic rings. The van der Waals surface area contributed by atoms with E-state index in [4.69, 9.17) is 15.6 Å². The van der Waals surface area contributed by atoms with Crippen LogP contribution in [-0.4, -0.2) is 31.0 Å². The van der Waals surface area contributed by atoms with E-state index in [-0.39, 0.29) is 6.54 Å². The van der Waals surface area contributed by atoms with Crippen LogP contribution < -0.4 is 5.73 Å². The van der Waals surface area contributed by atoms with E-state index < -0.39 is 6.10 Å². The van der Waals surface area contributed by atoms with E-state index in [0.29, 0.717) is 13.2 Å². The fourth-order valence-corrected chi connectivity index (χ4v) is 1.64. The summed E-state index contributed by atoms with van der Waals surface area (Å²) in [6.45, 7) is 1.34. The van der Waals surface area contributed by atoms with Gasteiger partial charge in [0.25, 0.3) is 0 Å². The van der Waals surface area contributed by atoms with Gasteiger partial charge in [-0.25, -0.2) is 0 Å². The summed E-state index contributed by atoms with van der Waals surface area (Å²) in [6, 6.07) is 10.5. The Kier molecular flexibility index (Phi) is 7.63. The Labute approximate surface area is 104 Å². The molecular weight excluding hydrogens is 214 g/mol. The smallest absolute Gasteiger partial charge is 0.0895 e. The summed E-state index contributed by atoms with van der Waals surface area (Å²) in [7, 11) is 0. The van der Waals surface area contributed by atoms with E-state index in [0.717, 1.165) is 19.3 Å². The third-order valence-electron chi connectivity index (χ3n) is 2.68. The molecular formula is C14H23NO2. The summed E-state index contributed by atoms with van der Waals surface area (Å²) in [6.07, 6.45) is 4.01. The number of rotatable bonds is 9. The lowest BCUT2D eigenvalue weighted by Gasteiger charge is -2.08. The van der Waals surface area contributed by atoms with E-state index >= 15 is 0 Å². The molecule has 3 N–H and O–H groups in total. The highest BCUT2D eigenvalue weighted by Crippen LogP contribution is 2.06. The van der Waals surface area contributed by atoms with Crippen LogP contribution in [0.3, 0.4) is 0 Å². The maximum absolute atomic E-state index is 9.16. The first-order valence-electron chi connectivity index (χ1n) is 6.32. The minimum atomic E-state index is -0.515. The van der Waals surface area contributed by atoms with Gasteiger partial charge in [0.2, 0.25) is 0 Å². The lowest BCUT2D eigenvalue weighted by Crippen LogP contribution is -2.25. The van der Waals surface area contributed by atoms with Gasteiger partial charge in [-0.2, -0.15) is 0 Å². The molecule has 0 saturated carbocycles. The maximum atomic E-state index is 9.16. The molecule has 0 bridgehead atoms. The Hall–Kier alpha value is -0.900. The van der Waals surface area contributed by atoms with Gasteiger partial charge in [-0.1, -0.05) is 36.8 Å². The van der Waals surface area contributed by atoms with Gasteiger partial charge in [0.05, 0.1) is 12.7 Å². The molecule has 1 rings (SSSR count). The minimum absolute atomic E-state index is 0.272. The van der Waals surface area contributed by atoms with Crippen molar-refractivity contribution in [1.82, 2.24) is 0 Å². The first-order chi connectivity index (χ1) is 8.33. The van der Waals surface area contributed by atoms with Crippen LogP contribution in [0.5, 0.6) is 0 Å². The number of aliphatic hydroxyl groups is 1. The molecule has 0 amide bonds. The summed E-state index contributed by atoms with van der Waals surface area (Å²) >= 11 is 0. The predicted octanol–water partition coefficient (Wildman–Crippen LogP) is 1.74. The van der Waals surface area contributed by atoms with Crippen LogP contribution in [0.1, 0.15) is 24.8 Å². The number of hydrogen-bond donors (Lipinski definition) is 2. The highest BCUT2D eigenvalue weighted by molar-refractivity contribution is 5.14. The van der Waals surface area contributed by atoms with E-state index in [9.17, 15) is 0 Å². The molecule has 0 aliphatic heterocycles. The van der Waals surface area contributed by atoms with Crippen molar-refractivity contribution >= 4 is 0 Å². The normalized spacial score (nSPS) is 12.6. The van der Waals surface area contributed by atoms with Gasteiger partial charge in [-0.3, -0.25) is 0 Å². The van der Waals surface area contributed by atoms with Crippen LogP contribution in [-0.2, 0) is 11.2 Å². The van der Waals surface area contributed by atoms with E-state index in [1.54, 1.807) is 0 Å². The molecule has 0 radical (unpaired) electrons. The first kappa shape index (κ1) is 14.2. The van der Waals surface area contributed by atoms with Crippen LogP contribution in [0, 0.1) is 0 Å². The largest absolute Gasteiger partial charge is 0.389 e. The van der Waals surface area contributed by atoms with Crippen molar-refractivity contribution in [2.45, 2.75) is 31.8 Å². The molecule has 1 unspecified atom stereocenters. The van der Waals surface area contributed by atoms with Gasteiger partial charge in [0.15, 0.2) is 0 Å². The topological polar surface area (TPSA) is 55.5 Å². The van der Waals surface area contributed by atoms with Crippen LogP contribution >= 0.6 is 0 Å². The Morgan fingerprint density at radius 1 is 1.12 bits per heavy atom. The third kappa shape index (κ3) is 7.10. The van der Waals surface area contributed by atoms with Gasteiger partial charge in [-0.15, -0.1) is 0 Å². The zero-order chi connectivity index (χ0) is 12.3. The summed E-state index contributed by atoms with van der Waals surface area (Å²) in [4.78, 5) is 0. The summed E-state index contributed by atoms with van der Waals surface area (Å²) < 4.78 is 5.31. The van der Waals surface area contributed by atoms with Gasteiger partial charge in [-0.05, 0) is 24.8 Å². The Bertz CT molecular complexity index is 277. The lowest BCUT2D eigenvalue weighted by atomic mass is 10.1. The predicted molar refractivity (Wildman–Crippen MR) is 69.9 cm³/mol. The van der Waals surface area contributed by atoms with Crippen molar-refractivity contribution in [2.24, 2.45) is 5.73 Å². The second-order valence-corrected chi connectivity index (χ2v) is 4.26. The van der Waals surface area contributed by atoms with Crippen molar-refractivity contribution in [3.8, 4) is 0 Å². The van der Waals surface area contributed by atoms with Crippen molar-refractivity contribution in [1.29, 1.82) is 0 Å². The minimum Gasteiger partial charge on any atom is -0.389 e. The summed E-state index contributed by atoms with van der Waals surface area (Å²) in [5.41, 5.74) is 6.66. The van der Waals surface area contributed by atoms with Gasteiger partial charge in [0.1, 0.15) is 0 Å². The molecule has 0 fully saturated rings. The molecule has 17 heavy (non-hydrogen) atoms. The van der Waals surface area contributed by atoms with Crippen molar-refractivity contribution in [2.75, 3.05) is 19.8 Å². The lowest BCUT2D eigenvalue weighted by molar-refractivity contribution is 0.0397. The molecule has 0 saturated heterocycles. The summed E-state index contributed by atoms with van der Waals surface area (Å²) in [5, 5.41) is 9.16. The standard InChI is InChI=1S/C14H23NO2/c15-11-14(16)12-17-10-6-2-5-9-13-7-3-1-4-8-13/h1,3-4,7-8,14,16H,2,5-6,9-12,15H2. The van der Waals surface area contributed by atoms with Gasteiger partial charge in [0, 0.05) is 13.2 Å². The van der Waals surface area contributed by atoms with E-state index in [1.165, 1.54) is 12.0 Å². The maximum Gasteiger partial charge on any atom is 0.0895 e. The molecule has 0 heterocycles. The van der Waals surface area contributed by atoms with Crippen molar-refractivity contribution < 1.29 is 9.84 Å². The molecule has 96 valence electrons. The number of nitrogens with two attached hydrogens (primary N) is 1. The number of aliphatic hydroxyl groups excluding tert-OH is 1. The number of aryl methyl sites for hydroxylation is 1. The number of unbranched alkanes of at least 4 members (excludes halogenated alkanes) is 2. The molecule has 1 atom stereocenters. The Morgan fingerprint density at radius 3 is 2.59 bits per heavy atom. The van der Waals surface area contributed by atoms with Gasteiger partial charge < -0.3 is 15.6 Å². The second kappa shape index (κ2) is 9.16. The molecule has 0 spiro atoms. The second-order valence-electron chi connectivity index (χ2n) is 4.26. The average molecular weight is 237 g/mol. The van der Waals surface area contributed by atoms with Crippen LogP contribution in [0.15, 0.2) is 30.3 Å². The van der Waals surface area contributed by atoms with E-state index in [1.807, 2.05) is 6.07 Å². The van der Waals surface area contributed by atoms with Crippen LogP contribution in [0.4, 0.5) is 0 Å². The molecule has 3 heteroatoms. The third-order valence-corrected chi connectivity index (χ3v) is 2.68. The number of hydrogen-bond acceptors (Lipinski definition) is 3. The zero-order valence-electron chi connectivity index (χ0n) is 10.3. The fourth-order valence-electron chi connectivity index (χ4n) is 1.64. The molecule has 1 aromatic carbocycles. The van der Waals surface area contributed by atoms with Crippen LogP contribution in [0.2, 0.25) is 0 Å². The molecule has 0 aliphatic rings. The number of benzene rings is 1. The molecule has 0 aromatic heterocycles.